The Kier molecular flexibility index (Phi) is 9.03. The van der Waals surface area contributed by atoms with Crippen molar-refractivity contribution in [3.05, 3.63) is 24.3 Å². The van der Waals surface area contributed by atoms with E-state index in [4.69, 9.17) is 9.47 Å². The molecule has 0 aromatic carbocycles. The van der Waals surface area contributed by atoms with E-state index in [0.29, 0.717) is 32.5 Å². The number of hydrogen-bond donors (Lipinski definition) is 1. The van der Waals surface area contributed by atoms with Crippen molar-refractivity contribution in [2.75, 3.05) is 26.3 Å². The van der Waals surface area contributed by atoms with E-state index in [2.05, 4.69) is 13.0 Å². The summed E-state index contributed by atoms with van der Waals surface area (Å²) in [5.41, 5.74) is -2.36. The summed E-state index contributed by atoms with van der Waals surface area (Å²) in [6.07, 6.45) is 14.2. The quantitative estimate of drug-likeness (QED) is 0.278. The van der Waals surface area contributed by atoms with Crippen LogP contribution in [-0.4, -0.2) is 82.3 Å². The maximum Gasteiger partial charge on any atom is 0.313 e. The average Bonchev–Trinajstić information content (AvgIpc) is 3.26. The van der Waals surface area contributed by atoms with Crippen molar-refractivity contribution in [2.45, 2.75) is 102 Å². The number of cyclic esters (lactones) is 1. The summed E-state index contributed by atoms with van der Waals surface area (Å²) < 4.78 is 12.7. The van der Waals surface area contributed by atoms with Crippen molar-refractivity contribution in [2.24, 2.45) is 17.8 Å². The van der Waals surface area contributed by atoms with E-state index in [9.17, 15) is 19.5 Å². The van der Waals surface area contributed by atoms with E-state index in [1.807, 2.05) is 43.9 Å². The molecule has 38 heavy (non-hydrogen) atoms. The second-order valence-corrected chi connectivity index (χ2v) is 11.8. The van der Waals surface area contributed by atoms with E-state index >= 15 is 0 Å². The van der Waals surface area contributed by atoms with Gasteiger partial charge in [0.15, 0.2) is 0 Å². The van der Waals surface area contributed by atoms with Gasteiger partial charge in [0.25, 0.3) is 0 Å². The molecule has 1 N–H and O–H groups in total. The summed E-state index contributed by atoms with van der Waals surface area (Å²) in [5, 5.41) is 10.5. The average molecular weight is 531 g/mol. The number of carbonyl (C=O) groups is 3. The molecule has 2 fully saturated rings. The van der Waals surface area contributed by atoms with Gasteiger partial charge in [-0.1, -0.05) is 64.8 Å². The number of likely N-dealkylation sites (tertiary alicyclic amines) is 1. The number of esters is 1. The van der Waals surface area contributed by atoms with Crippen LogP contribution in [0.25, 0.3) is 0 Å². The second-order valence-electron chi connectivity index (χ2n) is 11.8. The normalized spacial score (nSPS) is 35.0. The van der Waals surface area contributed by atoms with Crippen LogP contribution in [0, 0.1) is 17.8 Å². The fourth-order valence-corrected chi connectivity index (χ4v) is 6.99. The Hall–Kier alpha value is -2.19. The van der Waals surface area contributed by atoms with Crippen molar-refractivity contribution in [1.29, 1.82) is 0 Å². The third-order valence-electron chi connectivity index (χ3n) is 8.78. The van der Waals surface area contributed by atoms with Gasteiger partial charge >= 0.3 is 5.97 Å². The molecule has 2 amide bonds. The molecule has 1 unspecified atom stereocenters. The molecule has 0 radical (unpaired) electrons. The minimum absolute atomic E-state index is 0.170. The molecule has 8 nitrogen and oxygen atoms in total. The fourth-order valence-electron chi connectivity index (χ4n) is 6.99. The lowest BCUT2D eigenvalue weighted by Crippen LogP contribution is -2.59. The Bertz CT molecular complexity index is 947. The third kappa shape index (κ3) is 4.94. The monoisotopic (exact) mass is 530 g/mol. The Balaban J connectivity index is 1.86. The molecule has 8 heteroatoms. The highest BCUT2D eigenvalue weighted by Gasteiger charge is 2.75. The fraction of sp³-hybridized carbons (Fsp3) is 0.767. The first-order chi connectivity index (χ1) is 18.3. The number of nitrogens with zero attached hydrogens (tertiary/aromatic N) is 2. The lowest BCUT2D eigenvalue weighted by molar-refractivity contribution is -0.163. The van der Waals surface area contributed by atoms with Crippen LogP contribution >= 0.6 is 0 Å². The number of unbranched alkanes of at least 4 members (excludes halogenated alkanes) is 2. The molecule has 0 aromatic heterocycles. The van der Waals surface area contributed by atoms with Gasteiger partial charge < -0.3 is 24.4 Å². The Morgan fingerprint density at radius 1 is 1.05 bits per heavy atom. The number of rotatable bonds is 9. The van der Waals surface area contributed by atoms with Gasteiger partial charge in [-0.25, -0.2) is 0 Å². The van der Waals surface area contributed by atoms with E-state index in [1.54, 1.807) is 4.90 Å². The number of aliphatic hydroxyl groups is 1. The maximum absolute atomic E-state index is 14.5. The molecule has 0 bridgehead atoms. The van der Waals surface area contributed by atoms with Crippen molar-refractivity contribution in [3.8, 4) is 0 Å². The first-order valence-electron chi connectivity index (χ1n) is 14.7. The molecule has 4 aliphatic heterocycles. The molecular formula is C30H46N2O6. The number of carbonyl (C=O) groups excluding carboxylic acids is 3. The second kappa shape index (κ2) is 11.9. The topological polar surface area (TPSA) is 96.4 Å². The molecule has 4 rings (SSSR count). The minimum atomic E-state index is -1.31. The number of amides is 2. The molecule has 212 valence electrons. The van der Waals surface area contributed by atoms with Crippen LogP contribution in [0.4, 0.5) is 0 Å². The molecule has 2 saturated heterocycles. The number of allylic oxidation sites excluding steroid dienone is 1. The maximum atomic E-state index is 14.5. The van der Waals surface area contributed by atoms with Crippen LogP contribution < -0.4 is 0 Å². The van der Waals surface area contributed by atoms with E-state index in [-0.39, 0.29) is 24.3 Å². The molecule has 1 spiro atoms. The van der Waals surface area contributed by atoms with Crippen LogP contribution in [0.2, 0.25) is 0 Å². The zero-order chi connectivity index (χ0) is 27.5. The van der Waals surface area contributed by atoms with Crippen LogP contribution in [0.5, 0.6) is 0 Å². The van der Waals surface area contributed by atoms with Gasteiger partial charge in [-0.2, -0.15) is 0 Å². The summed E-state index contributed by atoms with van der Waals surface area (Å²) >= 11 is 0. The minimum Gasteiger partial charge on any atom is -0.465 e. The lowest BCUT2D eigenvalue weighted by atomic mass is 9.73. The molecule has 4 heterocycles. The Morgan fingerprint density at radius 3 is 2.53 bits per heavy atom. The smallest absolute Gasteiger partial charge is 0.313 e. The molecule has 6 atom stereocenters. The van der Waals surface area contributed by atoms with Gasteiger partial charge in [0.1, 0.15) is 23.2 Å². The van der Waals surface area contributed by atoms with E-state index in [0.717, 1.165) is 38.5 Å². The Labute approximate surface area is 227 Å². The molecular weight excluding hydrogens is 484 g/mol. The molecule has 4 aliphatic rings. The first-order valence-corrected chi connectivity index (χ1v) is 14.7. The zero-order valence-electron chi connectivity index (χ0n) is 23.6. The highest BCUT2D eigenvalue weighted by Crippen LogP contribution is 2.58. The number of aliphatic hydroxyl groups excluding tert-OH is 1. The predicted molar refractivity (Wildman–Crippen MR) is 144 cm³/mol. The lowest BCUT2D eigenvalue weighted by Gasteiger charge is -2.41. The third-order valence-corrected chi connectivity index (χ3v) is 8.78. The number of fused-ring (bicyclic) bond motifs is 2. The molecule has 0 aliphatic carbocycles. The summed E-state index contributed by atoms with van der Waals surface area (Å²) in [5.74, 6) is -2.48. The van der Waals surface area contributed by atoms with Gasteiger partial charge in [-0.15, -0.1) is 0 Å². The summed E-state index contributed by atoms with van der Waals surface area (Å²) in [6.45, 7) is 9.22. The standard InChI is InChI=1S/C30H46N2O6/c1-5-7-11-16-31-17-13-15-30-23(26(34)32(25(30)27(31)35)22(20-33)19-21(3)4)24-28(36)37-18-12-9-8-10-14-29(24,6-2)38-30/h10,13-15,21-25,33H,5-9,11-12,16-20H2,1-4H3/b14-10-/t22-,23+,24+,25?,29-,30+/m1/s1. The SMILES string of the molecule is CCCCCN1CC=C[C@]23O[C@]4(CC)/C=C\CCCCOC(=O)[C@@H]4[C@H]2C(=O)N([C@@H](CO)CC(C)C)C3C1=O. The van der Waals surface area contributed by atoms with Gasteiger partial charge in [-0.3, -0.25) is 14.4 Å². The van der Waals surface area contributed by atoms with Crippen molar-refractivity contribution >= 4 is 17.8 Å². The highest BCUT2D eigenvalue weighted by molar-refractivity contribution is 5.99. The summed E-state index contributed by atoms with van der Waals surface area (Å²) in [7, 11) is 0. The van der Waals surface area contributed by atoms with Gasteiger partial charge in [0.2, 0.25) is 11.8 Å². The van der Waals surface area contributed by atoms with E-state index < -0.39 is 41.1 Å². The largest absolute Gasteiger partial charge is 0.465 e. The summed E-state index contributed by atoms with van der Waals surface area (Å²) in [6, 6.07) is -1.49. The van der Waals surface area contributed by atoms with Gasteiger partial charge in [0, 0.05) is 13.1 Å². The molecule has 0 aromatic rings. The van der Waals surface area contributed by atoms with E-state index in [1.165, 1.54) is 0 Å². The summed E-state index contributed by atoms with van der Waals surface area (Å²) in [4.78, 5) is 45.9. The first kappa shape index (κ1) is 28.8. The van der Waals surface area contributed by atoms with Crippen LogP contribution in [-0.2, 0) is 23.9 Å². The zero-order valence-corrected chi connectivity index (χ0v) is 23.6. The van der Waals surface area contributed by atoms with Crippen molar-refractivity contribution in [1.82, 2.24) is 9.80 Å². The van der Waals surface area contributed by atoms with Gasteiger partial charge in [0.05, 0.1) is 25.2 Å². The predicted octanol–water partition coefficient (Wildman–Crippen LogP) is 3.63. The Morgan fingerprint density at radius 2 is 1.84 bits per heavy atom. The van der Waals surface area contributed by atoms with Crippen LogP contribution in [0.15, 0.2) is 24.3 Å². The van der Waals surface area contributed by atoms with Crippen molar-refractivity contribution < 1.29 is 29.0 Å². The number of ether oxygens (including phenoxy) is 2. The van der Waals surface area contributed by atoms with Crippen LogP contribution in [0.1, 0.15) is 79.1 Å². The molecule has 0 saturated carbocycles. The van der Waals surface area contributed by atoms with Crippen LogP contribution in [0.3, 0.4) is 0 Å². The number of hydrogen-bond acceptors (Lipinski definition) is 6. The highest BCUT2D eigenvalue weighted by atomic mass is 16.6. The van der Waals surface area contributed by atoms with Gasteiger partial charge in [-0.05, 0) is 44.4 Å². The van der Waals surface area contributed by atoms with Crippen molar-refractivity contribution in [3.63, 3.8) is 0 Å².